The zero-order valence-electron chi connectivity index (χ0n) is 11.4. The second kappa shape index (κ2) is 5.28. The monoisotopic (exact) mass is 258 g/mol. The van der Waals surface area contributed by atoms with E-state index in [1.165, 1.54) is 0 Å². The summed E-state index contributed by atoms with van der Waals surface area (Å²) in [6.45, 7) is 5.79. The van der Waals surface area contributed by atoms with E-state index in [1.807, 2.05) is 32.9 Å². The predicted octanol–water partition coefficient (Wildman–Crippen LogP) is 3.17. The molecule has 19 heavy (non-hydrogen) atoms. The van der Waals surface area contributed by atoms with E-state index in [0.717, 1.165) is 16.8 Å². The number of nitrogens with one attached hydrogen (secondary N) is 1. The van der Waals surface area contributed by atoms with E-state index in [2.05, 4.69) is 11.4 Å². The van der Waals surface area contributed by atoms with Crippen LogP contribution in [0.1, 0.15) is 40.4 Å². The number of rotatable bonds is 3. The van der Waals surface area contributed by atoms with E-state index in [4.69, 9.17) is 10.2 Å². The van der Waals surface area contributed by atoms with Gasteiger partial charge in [0.05, 0.1) is 6.04 Å². The second-order valence-corrected chi connectivity index (χ2v) is 4.82. The van der Waals surface area contributed by atoms with E-state index in [9.17, 15) is 4.79 Å². The maximum absolute atomic E-state index is 12.0. The van der Waals surface area contributed by atoms with Crippen LogP contribution in [0.4, 0.5) is 5.69 Å². The number of hydrogen-bond acceptors (Lipinski definition) is 3. The van der Waals surface area contributed by atoms with Crippen molar-refractivity contribution >= 4 is 11.6 Å². The number of benzene rings is 1. The zero-order chi connectivity index (χ0) is 14.0. The van der Waals surface area contributed by atoms with Crippen LogP contribution in [0.3, 0.4) is 0 Å². The minimum Gasteiger partial charge on any atom is -0.454 e. The molecule has 4 nitrogen and oxygen atoms in total. The van der Waals surface area contributed by atoms with Gasteiger partial charge >= 0.3 is 0 Å². The minimum absolute atomic E-state index is 0.220. The van der Waals surface area contributed by atoms with Crippen LogP contribution < -0.4 is 11.1 Å². The van der Waals surface area contributed by atoms with Crippen LogP contribution >= 0.6 is 0 Å². The lowest BCUT2D eigenvalue weighted by Crippen LogP contribution is -2.11. The van der Waals surface area contributed by atoms with Gasteiger partial charge in [-0.15, -0.1) is 0 Å². The largest absolute Gasteiger partial charge is 0.454 e. The third-order valence-electron chi connectivity index (χ3n) is 2.78. The first-order valence-electron chi connectivity index (χ1n) is 6.20. The summed E-state index contributed by atoms with van der Waals surface area (Å²) in [4.78, 5) is 12.0. The lowest BCUT2D eigenvalue weighted by atomic mass is 10.1. The minimum atomic E-state index is -0.267. The van der Waals surface area contributed by atoms with Crippen molar-refractivity contribution in [2.24, 2.45) is 5.73 Å². The molecule has 1 atom stereocenters. The van der Waals surface area contributed by atoms with Crippen molar-refractivity contribution in [1.29, 1.82) is 0 Å². The Balaban J connectivity index is 2.15. The molecule has 0 aliphatic rings. The molecule has 0 spiro atoms. The Bertz CT molecular complexity index is 580. The molecule has 100 valence electrons. The van der Waals surface area contributed by atoms with E-state index in [1.54, 1.807) is 12.1 Å². The lowest BCUT2D eigenvalue weighted by Gasteiger charge is -2.06. The molecule has 0 fully saturated rings. The lowest BCUT2D eigenvalue weighted by molar-refractivity contribution is 0.0994. The molecule has 1 aromatic heterocycles. The van der Waals surface area contributed by atoms with Gasteiger partial charge in [0.1, 0.15) is 5.76 Å². The highest BCUT2D eigenvalue weighted by Gasteiger charge is 2.13. The van der Waals surface area contributed by atoms with Gasteiger partial charge < -0.3 is 15.5 Å². The van der Waals surface area contributed by atoms with Crippen molar-refractivity contribution in [3.8, 4) is 0 Å². The van der Waals surface area contributed by atoms with Gasteiger partial charge in [0.2, 0.25) is 0 Å². The Labute approximate surface area is 112 Å². The number of amides is 1. The summed E-state index contributed by atoms with van der Waals surface area (Å²) in [7, 11) is 0. The molecular weight excluding hydrogens is 240 g/mol. The van der Waals surface area contributed by atoms with Crippen molar-refractivity contribution in [2.75, 3.05) is 5.32 Å². The standard InChI is InChI=1S/C15H18N2O2/c1-9-6-10(2)8-12(7-9)17-15(18)14-5-4-13(19-14)11(3)16/h4-8,11H,16H2,1-3H3,(H,17,18). The summed E-state index contributed by atoms with van der Waals surface area (Å²) >= 11 is 0. The number of nitrogens with two attached hydrogens (primary N) is 1. The molecule has 0 aliphatic carbocycles. The Morgan fingerprint density at radius 1 is 1.21 bits per heavy atom. The normalized spacial score (nSPS) is 12.2. The zero-order valence-corrected chi connectivity index (χ0v) is 11.4. The van der Waals surface area contributed by atoms with Crippen LogP contribution in [0.25, 0.3) is 0 Å². The highest BCUT2D eigenvalue weighted by atomic mass is 16.4. The van der Waals surface area contributed by atoms with E-state index >= 15 is 0 Å². The summed E-state index contributed by atoms with van der Waals surface area (Å²) < 4.78 is 5.40. The molecule has 2 rings (SSSR count). The van der Waals surface area contributed by atoms with E-state index in [0.29, 0.717) is 5.76 Å². The highest BCUT2D eigenvalue weighted by Crippen LogP contribution is 2.17. The summed E-state index contributed by atoms with van der Waals surface area (Å²) in [5, 5.41) is 2.82. The van der Waals surface area contributed by atoms with Crippen LogP contribution in [-0.2, 0) is 0 Å². The maximum atomic E-state index is 12.0. The van der Waals surface area contributed by atoms with Gasteiger partial charge in [-0.25, -0.2) is 0 Å². The first-order chi connectivity index (χ1) is 8.95. The first kappa shape index (κ1) is 13.4. The number of furan rings is 1. The topological polar surface area (TPSA) is 68.3 Å². The fraction of sp³-hybridized carbons (Fsp3) is 0.267. The van der Waals surface area contributed by atoms with Crippen molar-refractivity contribution in [1.82, 2.24) is 0 Å². The van der Waals surface area contributed by atoms with Gasteiger partial charge in [-0.3, -0.25) is 4.79 Å². The smallest absolute Gasteiger partial charge is 0.291 e. The van der Waals surface area contributed by atoms with Crippen LogP contribution in [0.2, 0.25) is 0 Å². The molecule has 3 N–H and O–H groups in total. The van der Waals surface area contributed by atoms with Crippen LogP contribution in [-0.4, -0.2) is 5.91 Å². The van der Waals surface area contributed by atoms with Crippen LogP contribution in [0.15, 0.2) is 34.7 Å². The molecule has 0 saturated heterocycles. The fourth-order valence-corrected chi connectivity index (χ4v) is 1.96. The second-order valence-electron chi connectivity index (χ2n) is 4.82. The average Bonchev–Trinajstić information content (AvgIpc) is 2.76. The summed E-state index contributed by atoms with van der Waals surface area (Å²) in [5.74, 6) is 0.605. The number of anilines is 1. The van der Waals surface area contributed by atoms with Gasteiger partial charge in [-0.05, 0) is 56.2 Å². The molecular formula is C15H18N2O2. The summed E-state index contributed by atoms with van der Waals surface area (Å²) in [5.41, 5.74) is 8.66. The number of carbonyl (C=O) groups is 1. The molecule has 1 heterocycles. The Kier molecular flexibility index (Phi) is 3.71. The van der Waals surface area contributed by atoms with Gasteiger partial charge in [-0.2, -0.15) is 0 Å². The molecule has 2 aromatic rings. The molecule has 4 heteroatoms. The van der Waals surface area contributed by atoms with E-state index in [-0.39, 0.29) is 17.7 Å². The first-order valence-corrected chi connectivity index (χ1v) is 6.20. The van der Waals surface area contributed by atoms with Gasteiger partial charge in [0.15, 0.2) is 5.76 Å². The maximum Gasteiger partial charge on any atom is 0.291 e. The summed E-state index contributed by atoms with van der Waals surface area (Å²) in [6.07, 6.45) is 0. The SMILES string of the molecule is Cc1cc(C)cc(NC(=O)c2ccc(C(C)N)o2)c1. The van der Waals surface area contributed by atoms with Crippen molar-refractivity contribution in [3.05, 3.63) is 53.0 Å². The number of carbonyl (C=O) groups excluding carboxylic acids is 1. The highest BCUT2D eigenvalue weighted by molar-refractivity contribution is 6.02. The number of hydrogen-bond donors (Lipinski definition) is 2. The third kappa shape index (κ3) is 3.23. The Hall–Kier alpha value is -2.07. The van der Waals surface area contributed by atoms with Gasteiger partial charge in [0, 0.05) is 5.69 Å². The third-order valence-corrected chi connectivity index (χ3v) is 2.78. The fourth-order valence-electron chi connectivity index (χ4n) is 1.96. The van der Waals surface area contributed by atoms with Crippen LogP contribution in [0.5, 0.6) is 0 Å². The average molecular weight is 258 g/mol. The van der Waals surface area contributed by atoms with E-state index < -0.39 is 0 Å². The summed E-state index contributed by atoms with van der Waals surface area (Å²) in [6, 6.07) is 9.03. The Morgan fingerprint density at radius 3 is 2.37 bits per heavy atom. The van der Waals surface area contributed by atoms with Crippen molar-refractivity contribution in [3.63, 3.8) is 0 Å². The molecule has 0 bridgehead atoms. The molecule has 0 radical (unpaired) electrons. The van der Waals surface area contributed by atoms with Crippen molar-refractivity contribution < 1.29 is 9.21 Å². The number of aryl methyl sites for hydroxylation is 2. The predicted molar refractivity (Wildman–Crippen MR) is 75.2 cm³/mol. The molecule has 1 unspecified atom stereocenters. The molecule has 0 aliphatic heterocycles. The quantitative estimate of drug-likeness (QED) is 0.888. The van der Waals surface area contributed by atoms with Gasteiger partial charge in [-0.1, -0.05) is 6.07 Å². The van der Waals surface area contributed by atoms with Crippen molar-refractivity contribution in [2.45, 2.75) is 26.8 Å². The molecule has 1 aromatic carbocycles. The van der Waals surface area contributed by atoms with Gasteiger partial charge in [0.25, 0.3) is 5.91 Å². The molecule has 1 amide bonds. The van der Waals surface area contributed by atoms with Crippen LogP contribution in [0, 0.1) is 13.8 Å². The Morgan fingerprint density at radius 2 is 1.84 bits per heavy atom. The molecule has 0 saturated carbocycles.